The molecule has 3 amide bonds. The second kappa shape index (κ2) is 9.22. The molecular weight excluding hydrogens is 417 g/mol. The van der Waals surface area contributed by atoms with E-state index in [1.165, 1.54) is 18.2 Å². The average Bonchev–Trinajstić information content (AvgIpc) is 3.44. The minimum Gasteiger partial charge on any atom is -0.320 e. The highest BCUT2D eigenvalue weighted by molar-refractivity contribution is 7.13. The van der Waals surface area contributed by atoms with Crippen LogP contribution >= 0.6 is 11.3 Å². The normalized spacial score (nSPS) is 15.7. The molecule has 7 nitrogen and oxygen atoms in total. The summed E-state index contributed by atoms with van der Waals surface area (Å²) in [6, 6.07) is 12.9. The molecule has 1 atom stereocenters. The van der Waals surface area contributed by atoms with Gasteiger partial charge >= 0.3 is 6.03 Å². The lowest BCUT2D eigenvalue weighted by Gasteiger charge is -2.23. The van der Waals surface area contributed by atoms with Crippen molar-refractivity contribution in [3.63, 3.8) is 0 Å². The number of aromatic nitrogens is 2. The molecule has 1 aromatic heterocycles. The summed E-state index contributed by atoms with van der Waals surface area (Å²) in [5.74, 6) is -0.895. The smallest absolute Gasteiger partial charge is 0.320 e. The number of hydrogen-bond acceptors (Lipinski definition) is 5. The van der Waals surface area contributed by atoms with Crippen molar-refractivity contribution >= 4 is 34.6 Å². The van der Waals surface area contributed by atoms with E-state index in [-0.39, 0.29) is 17.1 Å². The number of carbonyl (C=O) groups is 2. The van der Waals surface area contributed by atoms with Gasteiger partial charge in [-0.15, -0.1) is 10.2 Å². The van der Waals surface area contributed by atoms with E-state index in [0.29, 0.717) is 17.2 Å². The molecule has 1 aliphatic heterocycles. The van der Waals surface area contributed by atoms with E-state index in [1.54, 1.807) is 11.0 Å². The molecule has 0 spiro atoms. The van der Waals surface area contributed by atoms with Crippen LogP contribution in [0.1, 0.15) is 46.2 Å². The van der Waals surface area contributed by atoms with Crippen molar-refractivity contribution in [1.82, 2.24) is 15.1 Å². The Morgan fingerprint density at radius 3 is 2.81 bits per heavy atom. The second-order valence-electron chi connectivity index (χ2n) is 7.20. The first-order valence-corrected chi connectivity index (χ1v) is 10.9. The summed E-state index contributed by atoms with van der Waals surface area (Å²) in [5.41, 5.74) is 2.21. The van der Waals surface area contributed by atoms with Gasteiger partial charge in [0.05, 0.1) is 6.04 Å². The monoisotopic (exact) mass is 439 g/mol. The minimum atomic E-state index is -0.458. The summed E-state index contributed by atoms with van der Waals surface area (Å²) < 4.78 is 13.3. The van der Waals surface area contributed by atoms with Gasteiger partial charge in [-0.2, -0.15) is 0 Å². The highest BCUT2D eigenvalue weighted by atomic mass is 32.1. The number of nitrogens with zero attached hydrogens (tertiary/aromatic N) is 3. The number of carbonyl (C=O) groups excluding carboxylic acids is 2. The fourth-order valence-corrected chi connectivity index (χ4v) is 4.50. The molecule has 1 unspecified atom stereocenters. The number of aryl methyl sites for hydroxylation is 1. The number of halogens is 1. The van der Waals surface area contributed by atoms with E-state index < -0.39 is 11.7 Å². The highest BCUT2D eigenvalue weighted by Crippen LogP contribution is 2.34. The van der Waals surface area contributed by atoms with Gasteiger partial charge in [-0.25, -0.2) is 9.18 Å². The standard InChI is InChI=1S/C22H22FN5O2S/c1-2-14-7-3-4-10-17(14)25-22(30)28-12-6-11-18(28)20-26-27-21(31-20)19(29)24-16-9-5-8-15(23)13-16/h3-5,7-10,13,18H,2,6,11-12H2,1H3,(H,24,29)(H,25,30). The number of hydrogen-bond donors (Lipinski definition) is 2. The molecular formula is C22H22FN5O2S. The quantitative estimate of drug-likeness (QED) is 0.594. The maximum atomic E-state index is 13.3. The molecule has 1 fully saturated rings. The lowest BCUT2D eigenvalue weighted by atomic mass is 10.1. The van der Waals surface area contributed by atoms with Crippen LogP contribution in [0.3, 0.4) is 0 Å². The third-order valence-corrected chi connectivity index (χ3v) is 6.18. The zero-order valence-electron chi connectivity index (χ0n) is 17.0. The van der Waals surface area contributed by atoms with E-state index in [2.05, 4.69) is 20.8 Å². The zero-order chi connectivity index (χ0) is 21.8. The summed E-state index contributed by atoms with van der Waals surface area (Å²) >= 11 is 1.15. The predicted molar refractivity (Wildman–Crippen MR) is 118 cm³/mol. The van der Waals surface area contributed by atoms with E-state index >= 15 is 0 Å². The van der Waals surface area contributed by atoms with Crippen LogP contribution in [0, 0.1) is 5.82 Å². The van der Waals surface area contributed by atoms with Crippen LogP contribution in [0.5, 0.6) is 0 Å². The Balaban J connectivity index is 1.46. The number of para-hydroxylation sites is 1. The van der Waals surface area contributed by atoms with E-state index in [9.17, 15) is 14.0 Å². The summed E-state index contributed by atoms with van der Waals surface area (Å²) in [7, 11) is 0. The Hall–Kier alpha value is -3.33. The first kappa shape index (κ1) is 20.9. The van der Waals surface area contributed by atoms with Crippen molar-refractivity contribution in [3.05, 3.63) is 69.9 Å². The third kappa shape index (κ3) is 4.72. The molecule has 3 aromatic rings. The van der Waals surface area contributed by atoms with Crippen molar-refractivity contribution in [1.29, 1.82) is 0 Å². The van der Waals surface area contributed by atoms with Crippen LogP contribution in [0.2, 0.25) is 0 Å². The average molecular weight is 440 g/mol. The molecule has 9 heteroatoms. The molecule has 2 aromatic carbocycles. The summed E-state index contributed by atoms with van der Waals surface area (Å²) in [6.45, 7) is 2.65. The van der Waals surface area contributed by atoms with Crippen molar-refractivity contribution in [2.75, 3.05) is 17.2 Å². The summed E-state index contributed by atoms with van der Waals surface area (Å²) in [6.07, 6.45) is 2.42. The Morgan fingerprint density at radius 1 is 1.16 bits per heavy atom. The van der Waals surface area contributed by atoms with Gasteiger partial charge < -0.3 is 15.5 Å². The first-order chi connectivity index (χ1) is 15.0. The van der Waals surface area contributed by atoms with Crippen LogP contribution < -0.4 is 10.6 Å². The maximum Gasteiger partial charge on any atom is 0.322 e. The van der Waals surface area contributed by atoms with Crippen LogP contribution in [-0.2, 0) is 6.42 Å². The Labute approximate surface area is 183 Å². The first-order valence-electron chi connectivity index (χ1n) is 10.1. The van der Waals surface area contributed by atoms with E-state index in [4.69, 9.17) is 0 Å². The number of urea groups is 1. The lowest BCUT2D eigenvalue weighted by molar-refractivity contribution is 0.102. The van der Waals surface area contributed by atoms with E-state index in [0.717, 1.165) is 41.9 Å². The van der Waals surface area contributed by atoms with Crippen LogP contribution in [0.4, 0.5) is 20.6 Å². The zero-order valence-corrected chi connectivity index (χ0v) is 17.8. The molecule has 0 saturated carbocycles. The molecule has 1 aliphatic rings. The molecule has 160 valence electrons. The van der Waals surface area contributed by atoms with E-state index in [1.807, 2.05) is 31.2 Å². The van der Waals surface area contributed by atoms with Gasteiger partial charge in [0, 0.05) is 17.9 Å². The topological polar surface area (TPSA) is 87.2 Å². The lowest BCUT2D eigenvalue weighted by Crippen LogP contribution is -2.34. The predicted octanol–water partition coefficient (Wildman–Crippen LogP) is 4.86. The van der Waals surface area contributed by atoms with Crippen LogP contribution in [0.15, 0.2) is 48.5 Å². The largest absolute Gasteiger partial charge is 0.322 e. The van der Waals surface area contributed by atoms with Gasteiger partial charge in [0.15, 0.2) is 0 Å². The molecule has 0 radical (unpaired) electrons. The Morgan fingerprint density at radius 2 is 2.00 bits per heavy atom. The van der Waals surface area contributed by atoms with Gasteiger partial charge in [-0.1, -0.05) is 42.5 Å². The number of anilines is 2. The summed E-state index contributed by atoms with van der Waals surface area (Å²) in [5, 5.41) is 14.6. The number of amides is 3. The van der Waals surface area contributed by atoms with Gasteiger partial charge in [0.2, 0.25) is 5.01 Å². The van der Waals surface area contributed by atoms with Crippen LogP contribution in [-0.4, -0.2) is 33.6 Å². The molecule has 0 bridgehead atoms. The number of benzene rings is 2. The fourth-order valence-electron chi connectivity index (χ4n) is 3.62. The van der Waals surface area contributed by atoms with Gasteiger partial charge in [0.25, 0.3) is 5.91 Å². The molecule has 1 saturated heterocycles. The molecule has 2 N–H and O–H groups in total. The summed E-state index contributed by atoms with van der Waals surface area (Å²) in [4.78, 5) is 27.1. The number of rotatable bonds is 5. The van der Waals surface area contributed by atoms with Crippen LogP contribution in [0.25, 0.3) is 0 Å². The Bertz CT molecular complexity index is 1100. The number of likely N-dealkylation sites (tertiary alicyclic amines) is 1. The fraction of sp³-hybridized carbons (Fsp3) is 0.273. The molecule has 2 heterocycles. The number of nitrogens with one attached hydrogen (secondary N) is 2. The molecule has 0 aliphatic carbocycles. The minimum absolute atomic E-state index is 0.169. The third-order valence-electron chi connectivity index (χ3n) is 5.16. The maximum absolute atomic E-state index is 13.3. The van der Waals surface area contributed by atoms with Crippen molar-refractivity contribution in [3.8, 4) is 0 Å². The molecule has 4 rings (SSSR count). The van der Waals surface area contributed by atoms with Crippen molar-refractivity contribution < 1.29 is 14.0 Å². The second-order valence-corrected chi connectivity index (χ2v) is 8.21. The van der Waals surface area contributed by atoms with Gasteiger partial charge in [-0.05, 0) is 49.1 Å². The SMILES string of the molecule is CCc1ccccc1NC(=O)N1CCCC1c1nnc(C(=O)Nc2cccc(F)c2)s1. The van der Waals surface area contributed by atoms with Gasteiger partial charge in [-0.3, -0.25) is 4.79 Å². The van der Waals surface area contributed by atoms with Crippen molar-refractivity contribution in [2.24, 2.45) is 0 Å². The highest BCUT2D eigenvalue weighted by Gasteiger charge is 2.33. The van der Waals surface area contributed by atoms with Gasteiger partial charge in [0.1, 0.15) is 10.8 Å². The molecule has 31 heavy (non-hydrogen) atoms. The Kier molecular flexibility index (Phi) is 6.22. The van der Waals surface area contributed by atoms with Crippen molar-refractivity contribution in [2.45, 2.75) is 32.2 Å².